The summed E-state index contributed by atoms with van der Waals surface area (Å²) in [5.74, 6) is 0.417. The molecule has 0 fully saturated rings. The van der Waals surface area contributed by atoms with Crippen LogP contribution in [0.4, 0.5) is 0 Å². The predicted octanol–water partition coefficient (Wildman–Crippen LogP) is 3.92. The molecule has 3 heterocycles. The Balaban J connectivity index is 1.79. The van der Waals surface area contributed by atoms with Gasteiger partial charge in [0.2, 0.25) is 5.88 Å². The summed E-state index contributed by atoms with van der Waals surface area (Å²) in [5.41, 5.74) is 1.54. The van der Waals surface area contributed by atoms with Crippen molar-refractivity contribution in [2.45, 2.75) is 20.4 Å². The summed E-state index contributed by atoms with van der Waals surface area (Å²) in [6.45, 7) is 3.95. The molecule has 0 saturated carbocycles. The molecule has 8 heteroatoms. The Bertz CT molecular complexity index is 1460. The van der Waals surface area contributed by atoms with E-state index in [0.717, 1.165) is 11.1 Å². The van der Waals surface area contributed by atoms with Gasteiger partial charge >= 0.3 is 0 Å². The van der Waals surface area contributed by atoms with Gasteiger partial charge in [0.15, 0.2) is 0 Å². The lowest BCUT2D eigenvalue weighted by molar-refractivity contribution is -0.117. The molecular weight excluding hydrogens is 420 g/mol. The highest BCUT2D eigenvalue weighted by Gasteiger charge is 2.18. The maximum Gasteiger partial charge on any atom is 0.269 e. The van der Waals surface area contributed by atoms with E-state index in [1.165, 1.54) is 16.7 Å². The number of benzene rings is 1. The van der Waals surface area contributed by atoms with Crippen LogP contribution in [0.5, 0.6) is 11.6 Å². The number of nitrogens with one attached hydrogen (secondary N) is 1. The number of carbonyl (C=O) groups is 1. The predicted molar refractivity (Wildman–Crippen MR) is 122 cm³/mol. The first-order chi connectivity index (χ1) is 16.0. The molecule has 0 radical (unpaired) electrons. The van der Waals surface area contributed by atoms with Crippen molar-refractivity contribution in [2.24, 2.45) is 0 Å². The summed E-state index contributed by atoms with van der Waals surface area (Å²) in [6, 6.07) is 15.9. The van der Waals surface area contributed by atoms with E-state index < -0.39 is 11.5 Å². The van der Waals surface area contributed by atoms with E-state index in [0.29, 0.717) is 17.2 Å². The van der Waals surface area contributed by atoms with Crippen molar-refractivity contribution >= 4 is 17.6 Å². The van der Waals surface area contributed by atoms with Crippen LogP contribution in [0.2, 0.25) is 0 Å². The Hall–Kier alpha value is -4.64. The summed E-state index contributed by atoms with van der Waals surface area (Å²) in [5, 5.41) is 12.2. The van der Waals surface area contributed by atoms with Gasteiger partial charge < -0.3 is 14.5 Å². The fourth-order valence-corrected chi connectivity index (χ4v) is 3.19. The number of aryl methyl sites for hydroxylation is 1. The van der Waals surface area contributed by atoms with Gasteiger partial charge in [-0.3, -0.25) is 14.0 Å². The zero-order chi connectivity index (χ0) is 23.4. The van der Waals surface area contributed by atoms with E-state index in [-0.39, 0.29) is 23.6 Å². The normalized spacial score (nSPS) is 11.2. The number of carbonyl (C=O) groups excluding carboxylic acids is 1. The standard InChI is InChI=1S/C25H20N4O4/c1-16-7-5-9-21(17(16)2)33-24-20(25(31)29-11-4-3-10-22(29)28-24)13-18(14-26)23(30)27-15-19-8-6-12-32-19/h3-13H,15H2,1-2H3,(H,27,30)/b18-13+. The number of ether oxygens (including phenoxy) is 1. The first-order valence-corrected chi connectivity index (χ1v) is 10.2. The third kappa shape index (κ3) is 4.52. The molecule has 0 aliphatic rings. The fraction of sp³-hybridized carbons (Fsp3) is 0.120. The quantitative estimate of drug-likeness (QED) is 0.359. The number of nitrogens with zero attached hydrogens (tertiary/aromatic N) is 3. The number of fused-ring (bicyclic) bond motifs is 1. The molecule has 4 aromatic rings. The van der Waals surface area contributed by atoms with E-state index in [1.54, 1.807) is 42.6 Å². The van der Waals surface area contributed by atoms with Crippen molar-refractivity contribution in [3.05, 3.63) is 99.4 Å². The van der Waals surface area contributed by atoms with Crippen LogP contribution in [0.3, 0.4) is 0 Å². The van der Waals surface area contributed by atoms with E-state index in [1.807, 2.05) is 32.0 Å². The maximum absolute atomic E-state index is 13.3. The third-order valence-electron chi connectivity index (χ3n) is 5.15. The van der Waals surface area contributed by atoms with Crippen LogP contribution in [-0.2, 0) is 11.3 Å². The van der Waals surface area contributed by atoms with Crippen molar-refractivity contribution < 1.29 is 13.9 Å². The molecule has 0 atom stereocenters. The topological polar surface area (TPSA) is 110 Å². The highest BCUT2D eigenvalue weighted by molar-refractivity contribution is 6.01. The van der Waals surface area contributed by atoms with Gasteiger partial charge in [-0.1, -0.05) is 18.2 Å². The molecule has 4 rings (SSSR count). The zero-order valence-corrected chi connectivity index (χ0v) is 18.0. The van der Waals surface area contributed by atoms with Crippen LogP contribution in [-0.4, -0.2) is 15.3 Å². The Morgan fingerprint density at radius 3 is 2.82 bits per heavy atom. The van der Waals surface area contributed by atoms with Gasteiger partial charge in [0.1, 0.15) is 34.4 Å². The summed E-state index contributed by atoms with van der Waals surface area (Å²) < 4.78 is 12.5. The average Bonchev–Trinajstić information content (AvgIpc) is 3.34. The summed E-state index contributed by atoms with van der Waals surface area (Å²) in [4.78, 5) is 30.3. The SMILES string of the molecule is Cc1cccc(Oc2nc3ccccn3c(=O)c2/C=C(\C#N)C(=O)NCc2ccco2)c1C. The number of aromatic nitrogens is 2. The molecule has 1 N–H and O–H groups in total. The van der Waals surface area contributed by atoms with Crippen LogP contribution in [0.1, 0.15) is 22.5 Å². The van der Waals surface area contributed by atoms with Crippen LogP contribution in [0.15, 0.2) is 75.8 Å². The Morgan fingerprint density at radius 1 is 1.21 bits per heavy atom. The molecule has 1 aromatic carbocycles. The second kappa shape index (κ2) is 9.24. The molecule has 0 unspecified atom stereocenters. The molecule has 1 amide bonds. The van der Waals surface area contributed by atoms with E-state index in [4.69, 9.17) is 9.15 Å². The van der Waals surface area contributed by atoms with Gasteiger partial charge in [-0.25, -0.2) is 0 Å². The van der Waals surface area contributed by atoms with Crippen molar-refractivity contribution in [3.8, 4) is 17.7 Å². The monoisotopic (exact) mass is 440 g/mol. The lowest BCUT2D eigenvalue weighted by Crippen LogP contribution is -2.24. The molecule has 0 aliphatic carbocycles. The number of nitriles is 1. The number of hydrogen-bond acceptors (Lipinski definition) is 6. The molecule has 33 heavy (non-hydrogen) atoms. The molecule has 0 spiro atoms. The largest absolute Gasteiger partial charge is 0.467 e. The molecular formula is C25H20N4O4. The van der Waals surface area contributed by atoms with Crippen LogP contribution in [0.25, 0.3) is 11.7 Å². The number of hydrogen-bond donors (Lipinski definition) is 1. The first kappa shape index (κ1) is 21.6. The van der Waals surface area contributed by atoms with Gasteiger partial charge in [0.25, 0.3) is 11.5 Å². The smallest absolute Gasteiger partial charge is 0.269 e. The Kier molecular flexibility index (Phi) is 6.04. The molecule has 3 aromatic heterocycles. The minimum Gasteiger partial charge on any atom is -0.467 e. The zero-order valence-electron chi connectivity index (χ0n) is 18.0. The van der Waals surface area contributed by atoms with Gasteiger partial charge in [-0.2, -0.15) is 10.2 Å². The van der Waals surface area contributed by atoms with Gasteiger partial charge in [-0.15, -0.1) is 0 Å². The second-order valence-electron chi connectivity index (χ2n) is 7.30. The Morgan fingerprint density at radius 2 is 2.06 bits per heavy atom. The van der Waals surface area contributed by atoms with Crippen molar-refractivity contribution in [2.75, 3.05) is 0 Å². The van der Waals surface area contributed by atoms with E-state index in [2.05, 4.69) is 10.3 Å². The average molecular weight is 440 g/mol. The maximum atomic E-state index is 13.3. The van der Waals surface area contributed by atoms with Crippen molar-refractivity contribution in [1.29, 1.82) is 5.26 Å². The van der Waals surface area contributed by atoms with Gasteiger partial charge in [0.05, 0.1) is 12.8 Å². The van der Waals surface area contributed by atoms with Gasteiger partial charge in [-0.05, 0) is 61.4 Å². The van der Waals surface area contributed by atoms with E-state index in [9.17, 15) is 14.9 Å². The van der Waals surface area contributed by atoms with Gasteiger partial charge in [0, 0.05) is 6.20 Å². The van der Waals surface area contributed by atoms with Crippen LogP contribution < -0.4 is 15.6 Å². The number of pyridine rings is 1. The molecule has 164 valence electrons. The van der Waals surface area contributed by atoms with Crippen molar-refractivity contribution in [3.63, 3.8) is 0 Å². The van der Waals surface area contributed by atoms with Crippen LogP contribution in [0, 0.1) is 25.2 Å². The molecule has 0 aliphatic heterocycles. The summed E-state index contributed by atoms with van der Waals surface area (Å²) in [6.07, 6.45) is 4.25. The minimum atomic E-state index is -0.649. The highest BCUT2D eigenvalue weighted by atomic mass is 16.5. The fourth-order valence-electron chi connectivity index (χ4n) is 3.19. The number of furan rings is 1. The molecule has 0 saturated heterocycles. The Labute approximate surface area is 189 Å². The first-order valence-electron chi connectivity index (χ1n) is 10.2. The summed E-state index contributed by atoms with van der Waals surface area (Å²) >= 11 is 0. The second-order valence-corrected chi connectivity index (χ2v) is 7.30. The highest BCUT2D eigenvalue weighted by Crippen LogP contribution is 2.28. The molecule has 8 nitrogen and oxygen atoms in total. The number of amides is 1. The lowest BCUT2D eigenvalue weighted by atomic mass is 10.1. The van der Waals surface area contributed by atoms with Crippen molar-refractivity contribution in [1.82, 2.24) is 14.7 Å². The number of rotatable bonds is 6. The lowest BCUT2D eigenvalue weighted by Gasteiger charge is -2.13. The third-order valence-corrected chi connectivity index (χ3v) is 5.15. The molecule has 0 bridgehead atoms. The minimum absolute atomic E-state index is 0.00600. The van der Waals surface area contributed by atoms with Crippen LogP contribution >= 0.6 is 0 Å². The summed E-state index contributed by atoms with van der Waals surface area (Å²) in [7, 11) is 0. The van der Waals surface area contributed by atoms with E-state index >= 15 is 0 Å².